The Kier molecular flexibility index (Phi) is 9.70. The van der Waals surface area contributed by atoms with Crippen molar-refractivity contribution in [3.63, 3.8) is 0 Å². The van der Waals surface area contributed by atoms with E-state index in [9.17, 15) is 0 Å². The van der Waals surface area contributed by atoms with E-state index in [4.69, 9.17) is 0 Å². The molecule has 0 saturated carbocycles. The highest BCUT2D eigenvalue weighted by Crippen LogP contribution is 2.25. The van der Waals surface area contributed by atoms with Gasteiger partial charge in [0.05, 0.1) is 0 Å². The average molecular weight is 200 g/mol. The van der Waals surface area contributed by atoms with Gasteiger partial charge in [0.15, 0.2) is 0 Å². The third-order valence-corrected chi connectivity index (χ3v) is 2.56. The normalized spacial score (nSPS) is 9.15. The second-order valence-corrected chi connectivity index (χ2v) is 4.17. The number of rotatable bonds is 0. The van der Waals surface area contributed by atoms with Crippen molar-refractivity contribution in [3.05, 3.63) is 22.4 Å². The van der Waals surface area contributed by atoms with Crippen molar-refractivity contribution in [3.8, 4) is 0 Å². The van der Waals surface area contributed by atoms with E-state index in [0.717, 1.165) is 0 Å². The molecule has 0 amide bonds. The third kappa shape index (κ3) is 6.83. The first-order valence-corrected chi connectivity index (χ1v) is 6.02. The molecule has 1 rings (SSSR count). The molecule has 1 aromatic rings. The summed E-state index contributed by atoms with van der Waals surface area (Å²) in [5.41, 5.74) is 0.341. The molecule has 0 aliphatic rings. The minimum atomic E-state index is 0.341. The summed E-state index contributed by atoms with van der Waals surface area (Å²) >= 11 is 1.83. The van der Waals surface area contributed by atoms with E-state index in [1.54, 1.807) is 0 Å². The number of thiophene rings is 1. The molecule has 13 heavy (non-hydrogen) atoms. The topological polar surface area (TPSA) is 0 Å². The average Bonchev–Trinajstić information content (AvgIpc) is 2.63. The summed E-state index contributed by atoms with van der Waals surface area (Å²) < 4.78 is 0. The van der Waals surface area contributed by atoms with Crippen LogP contribution in [0.4, 0.5) is 0 Å². The van der Waals surface area contributed by atoms with E-state index in [1.165, 1.54) is 4.88 Å². The predicted octanol–water partition coefficient (Wildman–Crippen LogP) is 5.10. The highest BCUT2D eigenvalue weighted by atomic mass is 32.1. The van der Waals surface area contributed by atoms with E-state index in [2.05, 4.69) is 38.3 Å². The minimum Gasteiger partial charge on any atom is -0.148 e. The van der Waals surface area contributed by atoms with E-state index in [0.29, 0.717) is 5.41 Å². The second kappa shape index (κ2) is 8.31. The van der Waals surface area contributed by atoms with Crippen LogP contribution in [0.2, 0.25) is 0 Å². The highest BCUT2D eigenvalue weighted by molar-refractivity contribution is 7.10. The molecular formula is C12H24S. The van der Waals surface area contributed by atoms with Crippen LogP contribution in [-0.2, 0) is 5.41 Å². The van der Waals surface area contributed by atoms with Crippen LogP contribution in [0, 0.1) is 0 Å². The van der Waals surface area contributed by atoms with Crippen molar-refractivity contribution < 1.29 is 0 Å². The van der Waals surface area contributed by atoms with Crippen LogP contribution in [0.3, 0.4) is 0 Å². The summed E-state index contributed by atoms with van der Waals surface area (Å²) in [5.74, 6) is 0. The lowest BCUT2D eigenvalue weighted by atomic mass is 9.95. The van der Waals surface area contributed by atoms with E-state index >= 15 is 0 Å². The fourth-order valence-corrected chi connectivity index (χ4v) is 1.52. The van der Waals surface area contributed by atoms with E-state index in [-0.39, 0.29) is 0 Å². The molecule has 0 nitrogen and oxygen atoms in total. The highest BCUT2D eigenvalue weighted by Gasteiger charge is 2.13. The standard InChI is InChI=1S/C8H12S.2C2H6/c1-8(2,3)7-5-4-6-9-7;2*1-2/h4-6H,1-3H3;2*1-2H3. The zero-order valence-electron chi connectivity index (χ0n) is 10.1. The second-order valence-electron chi connectivity index (χ2n) is 3.23. The molecule has 1 heteroatoms. The third-order valence-electron chi connectivity index (χ3n) is 1.26. The Morgan fingerprint density at radius 2 is 1.46 bits per heavy atom. The lowest BCUT2D eigenvalue weighted by Crippen LogP contribution is -2.07. The largest absolute Gasteiger partial charge is 0.148 e. The Balaban J connectivity index is 0. The van der Waals surface area contributed by atoms with Gasteiger partial charge in [0.2, 0.25) is 0 Å². The number of hydrogen-bond donors (Lipinski definition) is 0. The number of hydrogen-bond acceptors (Lipinski definition) is 1. The lowest BCUT2D eigenvalue weighted by Gasteiger charge is -2.14. The molecule has 0 saturated heterocycles. The van der Waals surface area contributed by atoms with Gasteiger partial charge >= 0.3 is 0 Å². The molecule has 0 N–H and O–H groups in total. The maximum Gasteiger partial charge on any atom is 0.00987 e. The first-order chi connectivity index (χ1) is 6.11. The van der Waals surface area contributed by atoms with Gasteiger partial charge in [-0.3, -0.25) is 0 Å². The van der Waals surface area contributed by atoms with Crippen molar-refractivity contribution >= 4 is 11.3 Å². The van der Waals surface area contributed by atoms with Gasteiger partial charge in [-0.15, -0.1) is 11.3 Å². The maximum absolute atomic E-state index is 2.23. The predicted molar refractivity (Wildman–Crippen MR) is 65.7 cm³/mol. The molecule has 0 aliphatic heterocycles. The van der Waals surface area contributed by atoms with Crippen LogP contribution in [0.5, 0.6) is 0 Å². The molecule has 78 valence electrons. The molecule has 1 heterocycles. The van der Waals surface area contributed by atoms with Crippen LogP contribution in [0.25, 0.3) is 0 Å². The first kappa shape index (κ1) is 15.2. The maximum atomic E-state index is 2.23. The molecule has 1 aromatic heterocycles. The summed E-state index contributed by atoms with van der Waals surface area (Å²) in [6.07, 6.45) is 0. The molecule has 0 aromatic carbocycles. The Bertz CT molecular complexity index is 168. The molecule has 0 atom stereocenters. The van der Waals surface area contributed by atoms with Crippen LogP contribution in [-0.4, -0.2) is 0 Å². The Labute approximate surface area is 88.0 Å². The van der Waals surface area contributed by atoms with Crippen molar-refractivity contribution in [2.24, 2.45) is 0 Å². The van der Waals surface area contributed by atoms with Gasteiger partial charge in [-0.1, -0.05) is 54.5 Å². The van der Waals surface area contributed by atoms with Crippen molar-refractivity contribution in [2.45, 2.75) is 53.9 Å². The van der Waals surface area contributed by atoms with Gasteiger partial charge in [-0.05, 0) is 16.9 Å². The van der Waals surface area contributed by atoms with Gasteiger partial charge in [-0.2, -0.15) is 0 Å². The Morgan fingerprint density at radius 3 is 1.62 bits per heavy atom. The molecule has 0 fully saturated rings. The Morgan fingerprint density at radius 1 is 1.00 bits per heavy atom. The fraction of sp³-hybridized carbons (Fsp3) is 0.667. The molecule has 0 radical (unpaired) electrons. The quantitative estimate of drug-likeness (QED) is 0.546. The van der Waals surface area contributed by atoms with Crippen LogP contribution in [0.15, 0.2) is 17.5 Å². The van der Waals surface area contributed by atoms with Crippen LogP contribution >= 0.6 is 11.3 Å². The molecule has 0 unspecified atom stereocenters. The van der Waals surface area contributed by atoms with Crippen molar-refractivity contribution in [1.82, 2.24) is 0 Å². The smallest absolute Gasteiger partial charge is 0.00987 e. The molecule has 0 aliphatic carbocycles. The van der Waals surface area contributed by atoms with Gasteiger partial charge in [0, 0.05) is 4.88 Å². The summed E-state index contributed by atoms with van der Waals surface area (Å²) in [5, 5.41) is 2.13. The van der Waals surface area contributed by atoms with Gasteiger partial charge in [0.25, 0.3) is 0 Å². The lowest BCUT2D eigenvalue weighted by molar-refractivity contribution is 0.604. The van der Waals surface area contributed by atoms with E-state index < -0.39 is 0 Å². The van der Waals surface area contributed by atoms with E-state index in [1.807, 2.05) is 39.0 Å². The molecule has 0 bridgehead atoms. The van der Waals surface area contributed by atoms with Gasteiger partial charge in [0.1, 0.15) is 0 Å². The van der Waals surface area contributed by atoms with Crippen molar-refractivity contribution in [1.29, 1.82) is 0 Å². The minimum absolute atomic E-state index is 0.341. The zero-order valence-corrected chi connectivity index (χ0v) is 11.0. The van der Waals surface area contributed by atoms with Crippen LogP contribution in [0.1, 0.15) is 53.3 Å². The fourth-order valence-electron chi connectivity index (χ4n) is 0.705. The summed E-state index contributed by atoms with van der Waals surface area (Å²) in [7, 11) is 0. The Hall–Kier alpha value is -0.300. The monoisotopic (exact) mass is 200 g/mol. The molecule has 0 spiro atoms. The van der Waals surface area contributed by atoms with Crippen LogP contribution < -0.4 is 0 Å². The summed E-state index contributed by atoms with van der Waals surface area (Å²) in [6.45, 7) is 14.7. The first-order valence-electron chi connectivity index (χ1n) is 5.15. The molecular weight excluding hydrogens is 176 g/mol. The van der Waals surface area contributed by atoms with Crippen molar-refractivity contribution in [2.75, 3.05) is 0 Å². The van der Waals surface area contributed by atoms with Gasteiger partial charge in [-0.25, -0.2) is 0 Å². The zero-order chi connectivity index (χ0) is 10.9. The summed E-state index contributed by atoms with van der Waals surface area (Å²) in [6, 6.07) is 4.29. The van der Waals surface area contributed by atoms with Gasteiger partial charge < -0.3 is 0 Å². The summed E-state index contributed by atoms with van der Waals surface area (Å²) in [4.78, 5) is 1.46. The SMILES string of the molecule is CC.CC.CC(C)(C)c1cccs1.